The third kappa shape index (κ3) is 8.87. The molecule has 4 bridgehead atoms. The summed E-state index contributed by atoms with van der Waals surface area (Å²) in [7, 11) is 0. The van der Waals surface area contributed by atoms with E-state index >= 15 is 0 Å². The van der Waals surface area contributed by atoms with Crippen LogP contribution in [0.4, 0.5) is 5.69 Å². The zero-order chi connectivity index (χ0) is 39.8. The molecule has 4 fully saturated rings. The van der Waals surface area contributed by atoms with E-state index in [2.05, 4.69) is 70.7 Å². The number of hydrogen-bond donors (Lipinski definition) is 1. The van der Waals surface area contributed by atoms with Gasteiger partial charge in [0.05, 0.1) is 31.1 Å². The predicted octanol–water partition coefficient (Wildman–Crippen LogP) is 12.8. The van der Waals surface area contributed by atoms with Crippen molar-refractivity contribution >= 4 is 69.0 Å². The molecule has 1 atom stereocenters. The van der Waals surface area contributed by atoms with Crippen molar-refractivity contribution in [2.24, 2.45) is 28.9 Å². The van der Waals surface area contributed by atoms with E-state index < -0.39 is 0 Å². The number of halogens is 4. The van der Waals surface area contributed by atoms with Crippen molar-refractivity contribution in [3.05, 3.63) is 116 Å². The fraction of sp³-hybridized carbons (Fsp3) is 0.447. The average Bonchev–Trinajstić information content (AvgIpc) is 3.52. The summed E-state index contributed by atoms with van der Waals surface area (Å²) in [6.45, 7) is 8.52. The number of benzene rings is 4. The zero-order valence-electron chi connectivity index (χ0n) is 33.0. The van der Waals surface area contributed by atoms with Gasteiger partial charge in [-0.3, -0.25) is 9.69 Å². The van der Waals surface area contributed by atoms with Crippen LogP contribution >= 0.6 is 46.4 Å². The Labute approximate surface area is 357 Å². The molecule has 57 heavy (non-hydrogen) atoms. The highest BCUT2D eigenvalue weighted by Gasteiger charge is 2.51. The van der Waals surface area contributed by atoms with E-state index in [0.717, 1.165) is 89.3 Å². The highest BCUT2D eigenvalue weighted by Crippen LogP contribution is 2.61. The van der Waals surface area contributed by atoms with E-state index in [1.54, 1.807) is 12.1 Å². The molecule has 0 aliphatic heterocycles. The SMILES string of the molecule is CCCN(CCC)c1ccc(-c2nc3cc(C(CC(N)=O)N(Cc4ccc(Cl)c(Cl)c4)Cc4ccc(Cl)c(Cl)c4)ccc3n2CC23CC4CC(CC(C4)C2)C3)cc1. The molecule has 0 spiro atoms. The molecule has 0 saturated heterocycles. The lowest BCUT2D eigenvalue weighted by atomic mass is 9.49. The van der Waals surface area contributed by atoms with Gasteiger partial charge in [-0.05, 0) is 152 Å². The second kappa shape index (κ2) is 17.1. The molecule has 300 valence electrons. The topological polar surface area (TPSA) is 67.4 Å². The number of carbonyl (C=O) groups excluding carboxylic acids is 1. The Kier molecular flexibility index (Phi) is 12.2. The fourth-order valence-electron chi connectivity index (χ4n) is 11.0. The number of nitrogens with zero attached hydrogens (tertiary/aromatic N) is 4. The van der Waals surface area contributed by atoms with Crippen molar-refractivity contribution in [3.63, 3.8) is 0 Å². The summed E-state index contributed by atoms with van der Waals surface area (Å²) in [4.78, 5) is 23.1. The minimum atomic E-state index is -0.387. The molecule has 5 aromatic rings. The highest BCUT2D eigenvalue weighted by molar-refractivity contribution is 6.42. The lowest BCUT2D eigenvalue weighted by Gasteiger charge is -2.57. The number of rotatable bonds is 16. The van der Waals surface area contributed by atoms with Gasteiger partial charge in [0.1, 0.15) is 5.82 Å². The van der Waals surface area contributed by atoms with Gasteiger partial charge in [-0.25, -0.2) is 4.98 Å². The lowest BCUT2D eigenvalue weighted by Crippen LogP contribution is -2.47. The minimum absolute atomic E-state index is 0.114. The molecule has 4 aromatic carbocycles. The van der Waals surface area contributed by atoms with Gasteiger partial charge in [-0.15, -0.1) is 0 Å². The van der Waals surface area contributed by atoms with Crippen molar-refractivity contribution in [2.45, 2.75) is 97.3 Å². The summed E-state index contributed by atoms with van der Waals surface area (Å²) in [5.41, 5.74) is 13.7. The van der Waals surface area contributed by atoms with Crippen LogP contribution in [0.2, 0.25) is 20.1 Å². The molecule has 9 rings (SSSR count). The monoisotopic (exact) mass is 843 g/mol. The molecule has 1 aromatic heterocycles. The normalized spacial score (nSPS) is 21.8. The quantitative estimate of drug-likeness (QED) is 0.107. The Hall–Kier alpha value is -3.26. The van der Waals surface area contributed by atoms with E-state index in [-0.39, 0.29) is 18.4 Å². The minimum Gasteiger partial charge on any atom is -0.372 e. The number of primary amides is 1. The highest BCUT2D eigenvalue weighted by atomic mass is 35.5. The molecule has 4 aliphatic carbocycles. The molecular weight excluding hydrogens is 792 g/mol. The zero-order valence-corrected chi connectivity index (χ0v) is 36.0. The lowest BCUT2D eigenvalue weighted by molar-refractivity contribution is -0.119. The number of anilines is 1. The molecule has 2 N–H and O–H groups in total. The van der Waals surface area contributed by atoms with Gasteiger partial charge in [-0.1, -0.05) is 78.5 Å². The van der Waals surface area contributed by atoms with Crippen LogP contribution in [0.15, 0.2) is 78.9 Å². The first-order valence-corrected chi connectivity index (χ1v) is 22.3. The fourth-order valence-corrected chi connectivity index (χ4v) is 11.6. The second-order valence-electron chi connectivity index (χ2n) is 17.3. The van der Waals surface area contributed by atoms with Gasteiger partial charge in [-0.2, -0.15) is 0 Å². The van der Waals surface area contributed by atoms with Crippen LogP contribution in [-0.2, 0) is 24.4 Å². The first kappa shape index (κ1) is 40.5. The van der Waals surface area contributed by atoms with Crippen molar-refractivity contribution in [3.8, 4) is 11.4 Å². The molecule has 1 unspecified atom stereocenters. The Morgan fingerprint density at radius 2 is 1.33 bits per heavy atom. The van der Waals surface area contributed by atoms with E-state index in [4.69, 9.17) is 57.1 Å². The van der Waals surface area contributed by atoms with Gasteiger partial charge in [0.25, 0.3) is 0 Å². The maximum Gasteiger partial charge on any atom is 0.219 e. The maximum atomic E-state index is 12.9. The number of amides is 1. The number of aromatic nitrogens is 2. The Morgan fingerprint density at radius 3 is 1.84 bits per heavy atom. The standard InChI is InChI=1S/C47H53Cl4N5O/c1-3-15-54(16-4-2)37-10-7-35(8-11-37)46-53-42-22-36(9-14-43(42)56(46)29-47-24-32-17-33(25-47)19-34(18-32)26-47)44(23-45(52)57)55(27-30-5-12-38(48)40(50)20-30)28-31-6-13-39(49)41(51)21-31/h5-14,20-22,32-34,44H,3-4,15-19,23-29H2,1-2H3,(H2,52,57). The molecule has 1 amide bonds. The number of imidazole rings is 1. The Balaban J connectivity index is 1.21. The second-order valence-corrected chi connectivity index (χ2v) is 18.9. The molecule has 4 aliphatic rings. The van der Waals surface area contributed by atoms with E-state index in [9.17, 15) is 4.79 Å². The first-order chi connectivity index (χ1) is 27.5. The van der Waals surface area contributed by atoms with Crippen molar-refractivity contribution in [1.82, 2.24) is 14.5 Å². The van der Waals surface area contributed by atoms with Gasteiger partial charge in [0, 0.05) is 56.4 Å². The van der Waals surface area contributed by atoms with Crippen molar-refractivity contribution in [1.29, 1.82) is 0 Å². The van der Waals surface area contributed by atoms with Crippen LogP contribution in [-0.4, -0.2) is 33.4 Å². The van der Waals surface area contributed by atoms with Crippen LogP contribution in [0.1, 0.15) is 94.4 Å². The van der Waals surface area contributed by atoms with E-state index in [1.165, 1.54) is 44.2 Å². The first-order valence-electron chi connectivity index (χ1n) is 20.8. The van der Waals surface area contributed by atoms with Crippen LogP contribution in [0.25, 0.3) is 22.4 Å². The average molecular weight is 846 g/mol. The summed E-state index contributed by atoms with van der Waals surface area (Å²) in [6.07, 6.45) is 10.5. The Bertz CT molecular complexity index is 2140. The summed E-state index contributed by atoms with van der Waals surface area (Å²) in [6, 6.07) is 26.6. The van der Waals surface area contributed by atoms with Crippen LogP contribution in [0.5, 0.6) is 0 Å². The van der Waals surface area contributed by atoms with E-state index in [1.807, 2.05) is 24.3 Å². The number of carbonyl (C=O) groups is 1. The molecule has 0 radical (unpaired) electrons. The molecule has 6 nitrogen and oxygen atoms in total. The number of hydrogen-bond acceptors (Lipinski definition) is 4. The summed E-state index contributed by atoms with van der Waals surface area (Å²) < 4.78 is 2.53. The van der Waals surface area contributed by atoms with Crippen molar-refractivity contribution in [2.75, 3.05) is 18.0 Å². The third-order valence-electron chi connectivity index (χ3n) is 12.9. The van der Waals surface area contributed by atoms with Gasteiger partial charge >= 0.3 is 0 Å². The molecular formula is C47H53Cl4N5O. The van der Waals surface area contributed by atoms with Gasteiger partial charge < -0.3 is 15.2 Å². The largest absolute Gasteiger partial charge is 0.372 e. The number of nitrogens with two attached hydrogens (primary N) is 1. The van der Waals surface area contributed by atoms with Crippen LogP contribution in [0.3, 0.4) is 0 Å². The molecule has 4 saturated carbocycles. The summed E-state index contributed by atoms with van der Waals surface area (Å²) in [5.74, 6) is 3.19. The van der Waals surface area contributed by atoms with E-state index in [0.29, 0.717) is 38.6 Å². The molecule has 1 heterocycles. The van der Waals surface area contributed by atoms with Crippen LogP contribution < -0.4 is 10.6 Å². The molecule has 10 heteroatoms. The van der Waals surface area contributed by atoms with Crippen molar-refractivity contribution < 1.29 is 4.79 Å². The third-order valence-corrected chi connectivity index (χ3v) is 14.3. The summed E-state index contributed by atoms with van der Waals surface area (Å²) >= 11 is 25.7. The smallest absolute Gasteiger partial charge is 0.219 e. The van der Waals surface area contributed by atoms with Gasteiger partial charge in [0.15, 0.2) is 0 Å². The van der Waals surface area contributed by atoms with Gasteiger partial charge in [0.2, 0.25) is 5.91 Å². The number of fused-ring (bicyclic) bond motifs is 1. The maximum absolute atomic E-state index is 12.9. The summed E-state index contributed by atoms with van der Waals surface area (Å²) in [5, 5.41) is 1.93. The predicted molar refractivity (Wildman–Crippen MR) is 237 cm³/mol. The van der Waals surface area contributed by atoms with Crippen LogP contribution in [0, 0.1) is 23.2 Å². The Morgan fingerprint density at radius 1 is 0.772 bits per heavy atom.